The number of carbonyl (C=O) groups excluding carboxylic acids is 1. The molecule has 2 aromatic rings. The van der Waals surface area contributed by atoms with Crippen LogP contribution in [-0.2, 0) is 30.8 Å². The third-order valence-corrected chi connectivity index (χ3v) is 4.28. The average molecular weight is 435 g/mol. The van der Waals surface area contributed by atoms with Crippen LogP contribution in [-0.4, -0.2) is 40.5 Å². The monoisotopic (exact) mass is 434 g/mol. The summed E-state index contributed by atoms with van der Waals surface area (Å²) in [7, 11) is -3.53. The number of hydrogen-bond acceptors (Lipinski definition) is 7. The van der Waals surface area contributed by atoms with Gasteiger partial charge in [-0.1, -0.05) is 24.3 Å². The number of rotatable bonds is 11. The first-order valence-electron chi connectivity index (χ1n) is 9.53. The van der Waals surface area contributed by atoms with Crippen molar-refractivity contribution in [2.24, 2.45) is 0 Å². The lowest BCUT2D eigenvalue weighted by Crippen LogP contribution is -2.10. The maximum Gasteiger partial charge on any atom is 0.373 e. The van der Waals surface area contributed by atoms with Gasteiger partial charge >= 0.3 is 16.1 Å². The van der Waals surface area contributed by atoms with Crippen molar-refractivity contribution in [3.05, 3.63) is 65.4 Å². The molecular weight excluding hydrogens is 408 g/mol. The van der Waals surface area contributed by atoms with E-state index < -0.39 is 16.1 Å². The van der Waals surface area contributed by atoms with Gasteiger partial charge in [-0.15, -0.1) is 0 Å². The topological polar surface area (TPSA) is 88.1 Å². The molecule has 0 radical (unpaired) electrons. The summed E-state index contributed by atoms with van der Waals surface area (Å²) >= 11 is 0. The highest BCUT2D eigenvalue weighted by molar-refractivity contribution is 7.86. The predicted octanol–water partition coefficient (Wildman–Crippen LogP) is 3.59. The molecule has 2 aromatic carbocycles. The molecule has 0 bridgehead atoms. The minimum absolute atomic E-state index is 0.163. The van der Waals surface area contributed by atoms with Crippen LogP contribution >= 0.6 is 0 Å². The molecule has 2 rings (SSSR count). The van der Waals surface area contributed by atoms with E-state index in [1.807, 2.05) is 24.3 Å². The Morgan fingerprint density at radius 1 is 0.900 bits per heavy atom. The van der Waals surface area contributed by atoms with Crippen LogP contribution in [0.4, 0.5) is 0 Å². The van der Waals surface area contributed by atoms with Crippen LogP contribution in [0, 0.1) is 0 Å². The SMILES string of the molecule is CCOC(=O)/C(=C/c1ccc(OCCc2ccc(OS(C)(=O)=O)cc2)cc1)OCC. The summed E-state index contributed by atoms with van der Waals surface area (Å²) in [5.74, 6) is 0.641. The maximum absolute atomic E-state index is 11.9. The van der Waals surface area contributed by atoms with Gasteiger partial charge < -0.3 is 18.4 Å². The van der Waals surface area contributed by atoms with E-state index in [1.54, 1.807) is 44.2 Å². The molecule has 0 heterocycles. The van der Waals surface area contributed by atoms with Gasteiger partial charge in [0.05, 0.1) is 26.1 Å². The first kappa shape index (κ1) is 23.3. The second-order valence-electron chi connectivity index (χ2n) is 6.26. The lowest BCUT2D eigenvalue weighted by molar-refractivity contribution is -0.142. The summed E-state index contributed by atoms with van der Waals surface area (Å²) in [6, 6.07) is 14.1. The molecule has 0 aromatic heterocycles. The first-order chi connectivity index (χ1) is 14.3. The normalized spacial score (nSPS) is 11.6. The van der Waals surface area contributed by atoms with Gasteiger partial charge in [0.1, 0.15) is 11.5 Å². The van der Waals surface area contributed by atoms with E-state index in [1.165, 1.54) is 0 Å². The molecule has 0 saturated heterocycles. The fourth-order valence-corrected chi connectivity index (χ4v) is 2.96. The Labute approximate surface area is 177 Å². The van der Waals surface area contributed by atoms with Crippen LogP contribution in [0.1, 0.15) is 25.0 Å². The van der Waals surface area contributed by atoms with Crippen LogP contribution in [0.25, 0.3) is 6.08 Å². The molecule has 0 saturated carbocycles. The zero-order valence-electron chi connectivity index (χ0n) is 17.3. The molecule has 0 unspecified atom stereocenters. The molecule has 30 heavy (non-hydrogen) atoms. The third kappa shape index (κ3) is 8.16. The zero-order chi connectivity index (χ0) is 22.0. The number of hydrogen-bond donors (Lipinski definition) is 0. The molecule has 0 spiro atoms. The molecule has 0 aliphatic heterocycles. The molecule has 0 amide bonds. The number of esters is 1. The van der Waals surface area contributed by atoms with E-state index in [9.17, 15) is 13.2 Å². The summed E-state index contributed by atoms with van der Waals surface area (Å²) in [5.41, 5.74) is 1.78. The lowest BCUT2D eigenvalue weighted by atomic mass is 10.1. The minimum Gasteiger partial charge on any atom is -0.493 e. The van der Waals surface area contributed by atoms with Crippen molar-refractivity contribution in [1.29, 1.82) is 0 Å². The van der Waals surface area contributed by atoms with E-state index in [-0.39, 0.29) is 18.1 Å². The van der Waals surface area contributed by atoms with Crippen molar-refractivity contribution in [2.45, 2.75) is 20.3 Å². The Hall–Kier alpha value is -3.00. The summed E-state index contributed by atoms with van der Waals surface area (Å²) in [4.78, 5) is 11.9. The van der Waals surface area contributed by atoms with Crippen molar-refractivity contribution in [2.75, 3.05) is 26.1 Å². The Balaban J connectivity index is 1.90. The van der Waals surface area contributed by atoms with Gasteiger partial charge in [-0.3, -0.25) is 0 Å². The minimum atomic E-state index is -3.53. The van der Waals surface area contributed by atoms with Gasteiger partial charge in [0.2, 0.25) is 5.76 Å². The molecule has 0 fully saturated rings. The van der Waals surface area contributed by atoms with Crippen LogP contribution in [0.5, 0.6) is 11.5 Å². The van der Waals surface area contributed by atoms with E-state index in [0.717, 1.165) is 17.4 Å². The second-order valence-corrected chi connectivity index (χ2v) is 7.84. The largest absolute Gasteiger partial charge is 0.493 e. The van der Waals surface area contributed by atoms with Gasteiger partial charge in [0, 0.05) is 6.42 Å². The molecule has 0 aliphatic rings. The highest BCUT2D eigenvalue weighted by atomic mass is 32.2. The standard InChI is InChI=1S/C22H26O7S/c1-4-26-21(22(23)27-5-2)16-18-8-10-19(11-9-18)28-15-14-17-6-12-20(13-7-17)29-30(3,24)25/h6-13,16H,4-5,14-15H2,1-3H3/b21-16-. The fraction of sp³-hybridized carbons (Fsp3) is 0.318. The maximum atomic E-state index is 11.9. The third-order valence-electron chi connectivity index (χ3n) is 3.78. The number of ether oxygens (including phenoxy) is 3. The zero-order valence-corrected chi connectivity index (χ0v) is 18.1. The molecule has 162 valence electrons. The second kappa shape index (κ2) is 11.3. The average Bonchev–Trinajstić information content (AvgIpc) is 2.69. The Morgan fingerprint density at radius 3 is 2.07 bits per heavy atom. The molecular formula is C22H26O7S. The van der Waals surface area contributed by atoms with Gasteiger partial charge in [-0.05, 0) is 55.3 Å². The molecule has 7 nitrogen and oxygen atoms in total. The smallest absolute Gasteiger partial charge is 0.373 e. The van der Waals surface area contributed by atoms with Crippen LogP contribution in [0.15, 0.2) is 54.3 Å². The summed E-state index contributed by atoms with van der Waals surface area (Å²) < 4.78 is 43.1. The van der Waals surface area contributed by atoms with Crippen LogP contribution in [0.3, 0.4) is 0 Å². The van der Waals surface area contributed by atoms with Gasteiger partial charge in [-0.2, -0.15) is 8.42 Å². The van der Waals surface area contributed by atoms with E-state index in [0.29, 0.717) is 25.4 Å². The molecule has 0 aliphatic carbocycles. The van der Waals surface area contributed by atoms with Crippen molar-refractivity contribution in [3.8, 4) is 11.5 Å². The van der Waals surface area contributed by atoms with Crippen LogP contribution in [0.2, 0.25) is 0 Å². The van der Waals surface area contributed by atoms with Crippen molar-refractivity contribution < 1.29 is 31.6 Å². The van der Waals surface area contributed by atoms with Gasteiger partial charge in [0.15, 0.2) is 0 Å². The quantitative estimate of drug-likeness (QED) is 0.231. The van der Waals surface area contributed by atoms with Gasteiger partial charge in [0.25, 0.3) is 0 Å². The Morgan fingerprint density at radius 2 is 1.50 bits per heavy atom. The van der Waals surface area contributed by atoms with Gasteiger partial charge in [-0.25, -0.2) is 4.79 Å². The van der Waals surface area contributed by atoms with Crippen molar-refractivity contribution in [1.82, 2.24) is 0 Å². The lowest BCUT2D eigenvalue weighted by Gasteiger charge is -2.09. The Bertz CT molecular complexity index is 946. The molecule has 8 heteroatoms. The molecule has 0 atom stereocenters. The predicted molar refractivity (Wildman–Crippen MR) is 114 cm³/mol. The fourth-order valence-electron chi connectivity index (χ4n) is 2.50. The summed E-state index contributed by atoms with van der Waals surface area (Å²) in [6.07, 6.45) is 3.29. The van der Waals surface area contributed by atoms with Crippen LogP contribution < -0.4 is 8.92 Å². The highest BCUT2D eigenvalue weighted by Crippen LogP contribution is 2.17. The summed E-state index contributed by atoms with van der Waals surface area (Å²) in [6.45, 7) is 4.65. The van der Waals surface area contributed by atoms with E-state index >= 15 is 0 Å². The summed E-state index contributed by atoms with van der Waals surface area (Å²) in [5, 5.41) is 0. The van der Waals surface area contributed by atoms with E-state index in [2.05, 4.69) is 0 Å². The number of carbonyl (C=O) groups is 1. The van der Waals surface area contributed by atoms with Crippen molar-refractivity contribution in [3.63, 3.8) is 0 Å². The van der Waals surface area contributed by atoms with E-state index in [4.69, 9.17) is 18.4 Å². The highest BCUT2D eigenvalue weighted by Gasteiger charge is 2.11. The van der Waals surface area contributed by atoms with Crippen molar-refractivity contribution >= 4 is 22.2 Å². The molecule has 0 N–H and O–H groups in total. The first-order valence-corrected chi connectivity index (χ1v) is 11.3. The number of benzene rings is 2. The Kier molecular flexibility index (Phi) is 8.73.